The number of carboxylic acids is 1. The molecular weight excluding hydrogens is 453 g/mol. The number of hydrogen-bond acceptors (Lipinski definition) is 4. The molecule has 0 saturated carbocycles. The predicted octanol–water partition coefficient (Wildman–Crippen LogP) is -1.45. The van der Waals surface area contributed by atoms with Crippen molar-refractivity contribution in [1.82, 2.24) is 5.32 Å². The van der Waals surface area contributed by atoms with E-state index in [1.54, 1.807) is 20.8 Å². The van der Waals surface area contributed by atoms with Gasteiger partial charge in [0, 0.05) is 23.2 Å². The van der Waals surface area contributed by atoms with E-state index in [1.807, 2.05) is 21.1 Å². The van der Waals surface area contributed by atoms with Gasteiger partial charge in [0.15, 0.2) is 6.67 Å². The van der Waals surface area contributed by atoms with E-state index in [-0.39, 0.29) is 120 Å². The molecule has 2 amide bonds. The Morgan fingerprint density at radius 2 is 1.27 bits per heavy atom. The number of aliphatic carboxylic acids is 1. The van der Waals surface area contributed by atoms with Crippen molar-refractivity contribution in [3.8, 4) is 0 Å². The molecule has 33 heavy (non-hydrogen) atoms. The topological polar surface area (TPSA) is 112 Å². The standard InChI is InChI=1S/C16H31N3O4.8CH4.ClH.Na/c1-7-11(13(17)20)8-12(14(21)22)9-16(2,3)15(23)18-10-19(4,5)6;;;;;;;;;;/h11-12H,7-10H2,1-6H3,(H3-,17,18,20,21,22,23);8*1H4;1H;/q;;;;;;;;;;+1/p-1. The van der Waals surface area contributed by atoms with Gasteiger partial charge in [-0.3, -0.25) is 9.59 Å². The van der Waals surface area contributed by atoms with E-state index in [2.05, 4.69) is 5.32 Å². The van der Waals surface area contributed by atoms with Crippen LogP contribution in [0.3, 0.4) is 0 Å². The van der Waals surface area contributed by atoms with Crippen LogP contribution in [0.4, 0.5) is 0 Å². The number of quaternary nitrogens is 1. The van der Waals surface area contributed by atoms with E-state index in [0.717, 1.165) is 0 Å². The molecule has 2 unspecified atom stereocenters. The zero-order chi connectivity index (χ0) is 18.4. The van der Waals surface area contributed by atoms with Crippen molar-refractivity contribution in [2.75, 3.05) is 27.8 Å². The van der Waals surface area contributed by atoms with Crippen LogP contribution in [0, 0.1) is 17.3 Å². The molecule has 0 aliphatic rings. The summed E-state index contributed by atoms with van der Waals surface area (Å²) >= 11 is 0. The first-order chi connectivity index (χ1) is 10.3. The Morgan fingerprint density at radius 3 is 1.52 bits per heavy atom. The Bertz CT molecular complexity index is 457. The fourth-order valence-electron chi connectivity index (χ4n) is 2.35. The van der Waals surface area contributed by atoms with Gasteiger partial charge < -0.3 is 37.8 Å². The van der Waals surface area contributed by atoms with Crippen molar-refractivity contribution in [3.63, 3.8) is 0 Å². The fraction of sp³-hybridized carbons (Fsp3) is 0.875. The summed E-state index contributed by atoms with van der Waals surface area (Å²) < 4.78 is 0.561. The molecule has 7 nitrogen and oxygen atoms in total. The van der Waals surface area contributed by atoms with Gasteiger partial charge in [-0.1, -0.05) is 80.2 Å². The summed E-state index contributed by atoms with van der Waals surface area (Å²) in [5, 5.41) is 14.2. The first-order valence-corrected chi connectivity index (χ1v) is 7.89. The Kier molecular flexibility index (Phi) is 62.8. The normalized spacial score (nSPS) is 10.4. The van der Waals surface area contributed by atoms with Crippen LogP contribution in [0.5, 0.6) is 0 Å². The molecule has 0 saturated heterocycles. The molecule has 2 atom stereocenters. The molecular formula is C24H63ClN3NaO4. The van der Waals surface area contributed by atoms with Crippen LogP contribution in [-0.4, -0.2) is 50.1 Å². The average Bonchev–Trinajstić information content (AvgIpc) is 2.38. The maximum absolute atomic E-state index is 12.3. The van der Waals surface area contributed by atoms with Crippen LogP contribution in [0.25, 0.3) is 0 Å². The van der Waals surface area contributed by atoms with Crippen LogP contribution in [0.2, 0.25) is 0 Å². The van der Waals surface area contributed by atoms with Crippen LogP contribution in [0.15, 0.2) is 0 Å². The number of nitrogens with one attached hydrogen (secondary N) is 1. The van der Waals surface area contributed by atoms with E-state index >= 15 is 0 Å². The summed E-state index contributed by atoms with van der Waals surface area (Å²) in [5.41, 5.74) is 4.40. The first kappa shape index (κ1) is 69.8. The van der Waals surface area contributed by atoms with Gasteiger partial charge >= 0.3 is 29.6 Å². The Labute approximate surface area is 238 Å². The molecule has 206 valence electrons. The van der Waals surface area contributed by atoms with Crippen molar-refractivity contribution >= 4 is 17.8 Å². The van der Waals surface area contributed by atoms with Crippen LogP contribution < -0.4 is 58.1 Å². The van der Waals surface area contributed by atoms with Crippen molar-refractivity contribution in [2.24, 2.45) is 23.0 Å². The summed E-state index contributed by atoms with van der Waals surface area (Å²) in [6.07, 6.45) is 0.662. The first-order valence-electron chi connectivity index (χ1n) is 7.89. The fourth-order valence-corrected chi connectivity index (χ4v) is 2.35. The van der Waals surface area contributed by atoms with Gasteiger partial charge in [-0.05, 0) is 19.3 Å². The Hall–Kier alpha value is -0.340. The van der Waals surface area contributed by atoms with Crippen molar-refractivity contribution in [1.29, 1.82) is 0 Å². The number of primary amides is 1. The number of halogens is 1. The molecule has 0 radical (unpaired) electrons. The van der Waals surface area contributed by atoms with Gasteiger partial charge in [-0.15, -0.1) is 0 Å². The zero-order valence-corrected chi connectivity index (χ0v) is 19.3. The molecule has 9 heteroatoms. The van der Waals surface area contributed by atoms with E-state index < -0.39 is 29.1 Å². The third kappa shape index (κ3) is 29.6. The summed E-state index contributed by atoms with van der Waals surface area (Å²) in [5.74, 6) is -3.41. The minimum atomic E-state index is -1.25. The van der Waals surface area contributed by atoms with Crippen molar-refractivity contribution < 1.29 is 65.9 Å². The van der Waals surface area contributed by atoms with Crippen molar-refractivity contribution in [2.45, 2.75) is 99.4 Å². The molecule has 0 aromatic carbocycles. The summed E-state index contributed by atoms with van der Waals surface area (Å²) in [6, 6.07) is 0. The van der Waals surface area contributed by atoms with Crippen molar-refractivity contribution in [3.05, 3.63) is 0 Å². The largest absolute Gasteiger partial charge is 1.00 e. The smallest absolute Gasteiger partial charge is 1.00 e. The van der Waals surface area contributed by atoms with Crippen LogP contribution in [0.1, 0.15) is 99.4 Å². The second kappa shape index (κ2) is 29.7. The molecule has 0 spiro atoms. The predicted molar refractivity (Wildman–Crippen MR) is 139 cm³/mol. The van der Waals surface area contributed by atoms with Gasteiger partial charge in [0.05, 0.1) is 21.1 Å². The number of carbonyl (C=O) groups excluding carboxylic acids is 3. The minimum absolute atomic E-state index is 0. The molecule has 0 aromatic rings. The third-order valence-electron chi connectivity index (χ3n) is 3.88. The maximum Gasteiger partial charge on any atom is 1.00 e. The molecule has 0 aliphatic carbocycles. The van der Waals surface area contributed by atoms with E-state index in [1.165, 1.54) is 0 Å². The molecule has 0 rings (SSSR count). The summed E-state index contributed by atoms with van der Waals surface area (Å²) in [6.45, 7) is 5.61. The van der Waals surface area contributed by atoms with E-state index in [0.29, 0.717) is 17.6 Å². The van der Waals surface area contributed by atoms with E-state index in [9.17, 15) is 19.5 Å². The van der Waals surface area contributed by atoms with Crippen LogP contribution >= 0.6 is 0 Å². The van der Waals surface area contributed by atoms with Gasteiger partial charge in [0.25, 0.3) is 0 Å². The Balaban J connectivity index is -0.0000000538. The van der Waals surface area contributed by atoms with Gasteiger partial charge in [0.1, 0.15) is 0 Å². The molecule has 0 bridgehead atoms. The summed E-state index contributed by atoms with van der Waals surface area (Å²) in [7, 11) is 5.82. The summed E-state index contributed by atoms with van der Waals surface area (Å²) in [4.78, 5) is 35.1. The molecule has 0 heterocycles. The zero-order valence-electron chi connectivity index (χ0n) is 16.5. The van der Waals surface area contributed by atoms with E-state index in [4.69, 9.17) is 5.73 Å². The number of carbonyl (C=O) groups is 3. The average molecular weight is 516 g/mol. The molecule has 3 N–H and O–H groups in total. The molecule has 0 aliphatic heterocycles. The maximum atomic E-state index is 12.3. The minimum Gasteiger partial charge on any atom is -1.00 e. The van der Waals surface area contributed by atoms with Gasteiger partial charge in [-0.2, -0.15) is 0 Å². The molecule has 0 fully saturated rings. The number of hydrogen-bond donors (Lipinski definition) is 2. The molecule has 0 aromatic heterocycles. The third-order valence-corrected chi connectivity index (χ3v) is 3.88. The number of carboxylic acid groups (broad SMARTS) is 1. The second-order valence-electron chi connectivity index (χ2n) is 7.80. The quantitative estimate of drug-likeness (QED) is 0.210. The number of nitrogens with two attached hydrogens (primary N) is 1. The van der Waals surface area contributed by atoms with Crippen LogP contribution in [-0.2, 0) is 14.4 Å². The number of rotatable bonds is 10. The second-order valence-corrected chi connectivity index (χ2v) is 7.80. The Morgan fingerprint density at radius 1 is 0.909 bits per heavy atom. The monoisotopic (exact) mass is 515 g/mol. The van der Waals surface area contributed by atoms with Gasteiger partial charge in [-0.25, -0.2) is 0 Å². The number of nitrogens with zero attached hydrogens (tertiary/aromatic N) is 1. The SMILES string of the molecule is C.C.C.C.C.C.C.C.CCC(CC(CC(C)(C)C(=O)NC[N+](C)(C)C)C(=O)[O-])C(N)=O.[Cl-].[Na+]. The number of amides is 2. The van der Waals surface area contributed by atoms with Gasteiger partial charge in [0.2, 0.25) is 11.8 Å².